The van der Waals surface area contributed by atoms with Crippen molar-refractivity contribution in [3.63, 3.8) is 0 Å². The van der Waals surface area contributed by atoms with E-state index in [1.165, 1.54) is 26.5 Å². The third kappa shape index (κ3) is 7.07. The number of amides is 2. The third-order valence-electron chi connectivity index (χ3n) is 4.73. The van der Waals surface area contributed by atoms with Gasteiger partial charge in [-0.15, -0.1) is 0 Å². The van der Waals surface area contributed by atoms with Gasteiger partial charge in [0.15, 0.2) is 11.5 Å². The second kappa shape index (κ2) is 12.6. The van der Waals surface area contributed by atoms with Gasteiger partial charge in [-0.05, 0) is 79.2 Å². The number of esters is 1. The Morgan fingerprint density at radius 2 is 1.53 bits per heavy atom. The van der Waals surface area contributed by atoms with Crippen molar-refractivity contribution in [2.45, 2.75) is 6.92 Å². The van der Waals surface area contributed by atoms with Crippen molar-refractivity contribution in [3.05, 3.63) is 77.9 Å². The highest BCUT2D eigenvalue weighted by Crippen LogP contribution is 2.28. The highest BCUT2D eigenvalue weighted by Gasteiger charge is 2.14. The largest absolute Gasteiger partial charge is 0.497 e. The van der Waals surface area contributed by atoms with Gasteiger partial charge in [0.05, 0.1) is 32.6 Å². The summed E-state index contributed by atoms with van der Waals surface area (Å²) in [5, 5.41) is 6.24. The second-order valence-electron chi connectivity index (χ2n) is 7.14. The topological polar surface area (TPSA) is 125 Å². The molecule has 2 N–H and O–H groups in total. The van der Waals surface area contributed by atoms with E-state index in [0.717, 1.165) is 0 Å². The zero-order chi connectivity index (χ0) is 25.9. The van der Waals surface area contributed by atoms with Gasteiger partial charge in [-0.2, -0.15) is 5.10 Å². The van der Waals surface area contributed by atoms with Crippen LogP contribution in [-0.4, -0.2) is 44.8 Å². The molecular weight excluding hydrogens is 466 g/mol. The minimum Gasteiger partial charge on any atom is -0.497 e. The number of carbonyl (C=O) groups excluding carboxylic acids is 3. The van der Waals surface area contributed by atoms with E-state index in [9.17, 15) is 14.4 Å². The number of ether oxygens (including phenoxy) is 4. The minimum atomic E-state index is -0.949. The molecule has 10 nitrogen and oxygen atoms in total. The van der Waals surface area contributed by atoms with E-state index in [-0.39, 0.29) is 11.5 Å². The molecule has 0 fully saturated rings. The molecule has 0 unspecified atom stereocenters. The van der Waals surface area contributed by atoms with Crippen LogP contribution in [-0.2, 0) is 9.59 Å². The molecule has 0 aromatic heterocycles. The first kappa shape index (κ1) is 25.8. The van der Waals surface area contributed by atoms with Crippen molar-refractivity contribution in [1.29, 1.82) is 0 Å². The number of rotatable bonds is 9. The molecule has 0 atom stereocenters. The number of hydrogen-bond acceptors (Lipinski definition) is 8. The summed E-state index contributed by atoms with van der Waals surface area (Å²) in [5.41, 5.74) is 3.46. The molecule has 0 saturated carbocycles. The Labute approximate surface area is 207 Å². The van der Waals surface area contributed by atoms with E-state index >= 15 is 0 Å². The molecular formula is C26H25N3O7. The van der Waals surface area contributed by atoms with Crippen LogP contribution >= 0.6 is 0 Å². The zero-order valence-corrected chi connectivity index (χ0v) is 19.9. The highest BCUT2D eigenvalue weighted by atomic mass is 16.6. The minimum absolute atomic E-state index is 0.205. The quantitative estimate of drug-likeness (QED) is 0.155. The predicted molar refractivity (Wildman–Crippen MR) is 133 cm³/mol. The Balaban J connectivity index is 1.57. The van der Waals surface area contributed by atoms with Crippen LogP contribution in [0.2, 0.25) is 0 Å². The van der Waals surface area contributed by atoms with Gasteiger partial charge < -0.3 is 24.3 Å². The molecule has 0 spiro atoms. The maximum absolute atomic E-state index is 12.5. The number of benzene rings is 3. The summed E-state index contributed by atoms with van der Waals surface area (Å²) < 4.78 is 21.2. The van der Waals surface area contributed by atoms with Crippen molar-refractivity contribution in [2.75, 3.05) is 26.1 Å². The van der Waals surface area contributed by atoms with E-state index in [0.29, 0.717) is 34.9 Å². The third-order valence-corrected chi connectivity index (χ3v) is 4.73. The molecule has 0 aliphatic heterocycles. The number of nitrogens with zero attached hydrogens (tertiary/aromatic N) is 1. The Bertz CT molecular complexity index is 1240. The molecule has 3 aromatic carbocycles. The van der Waals surface area contributed by atoms with Gasteiger partial charge in [-0.1, -0.05) is 0 Å². The van der Waals surface area contributed by atoms with Crippen molar-refractivity contribution >= 4 is 29.7 Å². The first-order valence-electron chi connectivity index (χ1n) is 10.8. The van der Waals surface area contributed by atoms with Crippen molar-refractivity contribution in [1.82, 2.24) is 5.43 Å². The molecule has 0 radical (unpaired) electrons. The van der Waals surface area contributed by atoms with Gasteiger partial charge in [-0.25, -0.2) is 10.2 Å². The summed E-state index contributed by atoms with van der Waals surface area (Å²) in [6.45, 7) is 2.40. The molecule has 186 valence electrons. The van der Waals surface area contributed by atoms with Gasteiger partial charge in [0.1, 0.15) is 11.5 Å². The lowest BCUT2D eigenvalue weighted by atomic mass is 10.2. The Morgan fingerprint density at radius 3 is 2.17 bits per heavy atom. The van der Waals surface area contributed by atoms with E-state index in [1.807, 2.05) is 6.92 Å². The van der Waals surface area contributed by atoms with E-state index in [4.69, 9.17) is 18.9 Å². The molecule has 10 heteroatoms. The second-order valence-corrected chi connectivity index (χ2v) is 7.14. The van der Waals surface area contributed by atoms with Crippen LogP contribution < -0.4 is 29.7 Å². The van der Waals surface area contributed by atoms with Gasteiger partial charge in [0.25, 0.3) is 0 Å². The summed E-state index contributed by atoms with van der Waals surface area (Å²) in [4.78, 5) is 36.5. The van der Waals surface area contributed by atoms with Crippen molar-refractivity contribution in [2.24, 2.45) is 5.10 Å². The molecule has 3 aromatic rings. The molecule has 0 bridgehead atoms. The number of hydrogen-bond donors (Lipinski definition) is 2. The number of anilines is 1. The summed E-state index contributed by atoms with van der Waals surface area (Å²) in [6.07, 6.45) is 1.32. The molecule has 3 rings (SSSR count). The fourth-order valence-electron chi connectivity index (χ4n) is 2.94. The number of carbonyl (C=O) groups is 3. The molecule has 0 heterocycles. The number of hydrazone groups is 1. The van der Waals surface area contributed by atoms with Crippen LogP contribution in [0.5, 0.6) is 23.0 Å². The van der Waals surface area contributed by atoms with Gasteiger partial charge in [0, 0.05) is 5.69 Å². The van der Waals surface area contributed by atoms with Crippen LogP contribution in [0.15, 0.2) is 71.8 Å². The van der Waals surface area contributed by atoms with Crippen LogP contribution in [0.4, 0.5) is 5.69 Å². The first-order chi connectivity index (χ1) is 17.4. The average molecular weight is 492 g/mol. The van der Waals surface area contributed by atoms with Crippen LogP contribution in [0.1, 0.15) is 22.8 Å². The highest BCUT2D eigenvalue weighted by molar-refractivity contribution is 6.39. The maximum atomic E-state index is 12.5. The Kier molecular flexibility index (Phi) is 8.99. The molecule has 0 aliphatic rings. The van der Waals surface area contributed by atoms with Crippen LogP contribution in [0.25, 0.3) is 0 Å². The maximum Gasteiger partial charge on any atom is 0.343 e. The zero-order valence-electron chi connectivity index (χ0n) is 19.9. The Morgan fingerprint density at radius 1 is 0.833 bits per heavy atom. The summed E-state index contributed by atoms with van der Waals surface area (Å²) in [7, 11) is 2.95. The fraction of sp³-hybridized carbons (Fsp3) is 0.154. The lowest BCUT2D eigenvalue weighted by molar-refractivity contribution is -0.136. The summed E-state index contributed by atoms with van der Waals surface area (Å²) >= 11 is 0. The summed E-state index contributed by atoms with van der Waals surface area (Å²) in [5.74, 6) is -0.637. The van der Waals surface area contributed by atoms with Crippen molar-refractivity contribution < 1.29 is 33.3 Å². The Hall–Kier alpha value is -4.86. The predicted octanol–water partition coefficient (Wildman–Crippen LogP) is 3.41. The van der Waals surface area contributed by atoms with Gasteiger partial charge in [-0.3, -0.25) is 9.59 Å². The number of methoxy groups -OCH3 is 2. The van der Waals surface area contributed by atoms with Crippen LogP contribution in [0, 0.1) is 0 Å². The SMILES string of the molecule is CCOc1ccc(C(=O)Oc2ccc(C=NNC(=O)C(=O)Nc3ccc(OC)cc3)cc2OC)cc1. The fourth-order valence-corrected chi connectivity index (χ4v) is 2.94. The molecule has 0 aliphatic carbocycles. The lowest BCUT2D eigenvalue weighted by Gasteiger charge is -2.10. The standard InChI is InChI=1S/C26H25N3O7/c1-4-35-21-10-6-18(7-11-21)26(32)36-22-14-5-17(15-23(22)34-3)16-27-29-25(31)24(30)28-19-8-12-20(33-2)13-9-19/h5-16H,4H2,1-3H3,(H,28,30)(H,29,31). The van der Waals surface area contributed by atoms with Gasteiger partial charge in [0.2, 0.25) is 0 Å². The van der Waals surface area contributed by atoms with Crippen LogP contribution in [0.3, 0.4) is 0 Å². The first-order valence-corrected chi connectivity index (χ1v) is 10.8. The van der Waals surface area contributed by atoms with Crippen molar-refractivity contribution in [3.8, 4) is 23.0 Å². The number of nitrogens with one attached hydrogen (secondary N) is 2. The average Bonchev–Trinajstić information content (AvgIpc) is 2.90. The molecule has 36 heavy (non-hydrogen) atoms. The smallest absolute Gasteiger partial charge is 0.343 e. The molecule has 0 saturated heterocycles. The normalized spacial score (nSPS) is 10.4. The lowest BCUT2D eigenvalue weighted by Crippen LogP contribution is -2.32. The monoisotopic (exact) mass is 491 g/mol. The van der Waals surface area contributed by atoms with Gasteiger partial charge >= 0.3 is 17.8 Å². The van der Waals surface area contributed by atoms with E-state index in [1.54, 1.807) is 60.7 Å². The summed E-state index contributed by atoms with van der Waals surface area (Å²) in [6, 6.07) is 17.8. The van der Waals surface area contributed by atoms with E-state index < -0.39 is 17.8 Å². The van der Waals surface area contributed by atoms with E-state index in [2.05, 4.69) is 15.8 Å². The molecule has 2 amide bonds.